The fraction of sp³-hybridized carbons (Fsp3) is 0.944. The summed E-state index contributed by atoms with van der Waals surface area (Å²) in [7, 11) is 0. The zero-order valence-electron chi connectivity index (χ0n) is 15.6. The number of rotatable bonds is 4. The molecule has 2 rings (SSSR count). The molecule has 1 aliphatic carbocycles. The van der Waals surface area contributed by atoms with Crippen molar-refractivity contribution in [3.8, 4) is 0 Å². The van der Waals surface area contributed by atoms with E-state index in [4.69, 9.17) is 9.47 Å². The minimum absolute atomic E-state index is 0.157. The molecule has 1 aliphatic heterocycles. The predicted octanol–water partition coefficient (Wildman–Crippen LogP) is 3.18. The van der Waals surface area contributed by atoms with Crippen LogP contribution in [0.5, 0.6) is 0 Å². The van der Waals surface area contributed by atoms with Crippen molar-refractivity contribution in [3.63, 3.8) is 0 Å². The van der Waals surface area contributed by atoms with Crippen molar-refractivity contribution in [3.05, 3.63) is 0 Å². The molecule has 23 heavy (non-hydrogen) atoms. The smallest absolute Gasteiger partial charge is 0.410 e. The molecule has 1 saturated carbocycles. The Bertz CT molecular complexity index is 417. The van der Waals surface area contributed by atoms with Crippen molar-refractivity contribution in [2.75, 3.05) is 19.7 Å². The molecule has 0 aromatic carbocycles. The lowest BCUT2D eigenvalue weighted by molar-refractivity contribution is -0.117. The van der Waals surface area contributed by atoms with Crippen LogP contribution in [0.1, 0.15) is 60.8 Å². The standard InChI is InChI=1S/C18H34N2O3/c1-7-22-15-11-14(18(15,5)6)19-13-9-8-10-20(12-13)16(21)23-17(2,3)4/h13-15,19H,7-12H2,1-6H3. The van der Waals surface area contributed by atoms with E-state index in [9.17, 15) is 4.79 Å². The summed E-state index contributed by atoms with van der Waals surface area (Å²) >= 11 is 0. The van der Waals surface area contributed by atoms with E-state index in [1.54, 1.807) is 0 Å². The largest absolute Gasteiger partial charge is 0.444 e. The molecule has 0 radical (unpaired) electrons. The van der Waals surface area contributed by atoms with E-state index in [1.165, 1.54) is 0 Å². The Kier molecular flexibility index (Phi) is 5.62. The molecule has 2 fully saturated rings. The summed E-state index contributed by atoms with van der Waals surface area (Å²) in [5.74, 6) is 0. The molecule has 0 aromatic heterocycles. The average Bonchev–Trinajstić information content (AvgIpc) is 2.45. The molecule has 1 N–H and O–H groups in total. The number of nitrogens with zero attached hydrogens (tertiary/aromatic N) is 1. The van der Waals surface area contributed by atoms with E-state index >= 15 is 0 Å². The van der Waals surface area contributed by atoms with E-state index in [1.807, 2.05) is 25.7 Å². The van der Waals surface area contributed by atoms with Crippen LogP contribution >= 0.6 is 0 Å². The first-order valence-electron chi connectivity index (χ1n) is 8.99. The van der Waals surface area contributed by atoms with Gasteiger partial charge in [-0.25, -0.2) is 4.79 Å². The van der Waals surface area contributed by atoms with Crippen molar-refractivity contribution in [1.29, 1.82) is 0 Å². The van der Waals surface area contributed by atoms with Crippen molar-refractivity contribution < 1.29 is 14.3 Å². The Labute approximate surface area is 141 Å². The van der Waals surface area contributed by atoms with E-state index in [2.05, 4.69) is 26.1 Å². The van der Waals surface area contributed by atoms with Gasteiger partial charge in [-0.05, 0) is 47.0 Å². The Morgan fingerprint density at radius 1 is 1.35 bits per heavy atom. The van der Waals surface area contributed by atoms with Gasteiger partial charge in [0.1, 0.15) is 5.60 Å². The summed E-state index contributed by atoms with van der Waals surface area (Å²) in [6.07, 6.45) is 3.35. The molecule has 3 unspecified atom stereocenters. The molecule has 0 bridgehead atoms. The summed E-state index contributed by atoms with van der Waals surface area (Å²) in [6.45, 7) is 14.6. The Morgan fingerprint density at radius 2 is 2.04 bits per heavy atom. The van der Waals surface area contributed by atoms with E-state index in [-0.39, 0.29) is 11.5 Å². The van der Waals surface area contributed by atoms with Gasteiger partial charge in [0.05, 0.1) is 6.10 Å². The molecule has 5 heteroatoms. The molecular weight excluding hydrogens is 292 g/mol. The lowest BCUT2D eigenvalue weighted by Crippen LogP contribution is -2.64. The van der Waals surface area contributed by atoms with Gasteiger partial charge in [-0.1, -0.05) is 13.8 Å². The number of carbonyl (C=O) groups is 1. The predicted molar refractivity (Wildman–Crippen MR) is 91.6 cm³/mol. The van der Waals surface area contributed by atoms with Crippen LogP contribution in [0.4, 0.5) is 4.79 Å². The van der Waals surface area contributed by atoms with Gasteiger partial charge in [0.2, 0.25) is 0 Å². The highest BCUT2D eigenvalue weighted by Crippen LogP contribution is 2.43. The maximum atomic E-state index is 12.2. The summed E-state index contributed by atoms with van der Waals surface area (Å²) in [5, 5.41) is 3.75. The third-order valence-electron chi connectivity index (χ3n) is 5.06. The van der Waals surface area contributed by atoms with Crippen LogP contribution in [-0.4, -0.2) is 54.5 Å². The second-order valence-electron chi connectivity index (χ2n) is 8.49. The number of carbonyl (C=O) groups excluding carboxylic acids is 1. The third-order valence-corrected chi connectivity index (χ3v) is 5.06. The second kappa shape index (κ2) is 6.98. The Balaban J connectivity index is 1.84. The highest BCUT2D eigenvalue weighted by Gasteiger charge is 2.49. The zero-order valence-corrected chi connectivity index (χ0v) is 15.6. The van der Waals surface area contributed by atoms with Crippen LogP contribution in [-0.2, 0) is 9.47 Å². The maximum absolute atomic E-state index is 12.2. The summed E-state index contributed by atoms with van der Waals surface area (Å²) in [5.41, 5.74) is -0.275. The van der Waals surface area contributed by atoms with Gasteiger partial charge < -0.3 is 19.7 Å². The van der Waals surface area contributed by atoms with E-state index in [0.717, 1.165) is 39.0 Å². The van der Waals surface area contributed by atoms with Gasteiger partial charge in [-0.3, -0.25) is 0 Å². The highest BCUT2D eigenvalue weighted by atomic mass is 16.6. The van der Waals surface area contributed by atoms with Crippen LogP contribution < -0.4 is 5.32 Å². The first-order chi connectivity index (χ1) is 10.6. The van der Waals surface area contributed by atoms with Crippen LogP contribution in [0.25, 0.3) is 0 Å². The molecule has 1 amide bonds. The molecule has 1 saturated heterocycles. The normalized spacial score (nSPS) is 30.7. The van der Waals surface area contributed by atoms with Gasteiger partial charge in [0.15, 0.2) is 0 Å². The van der Waals surface area contributed by atoms with Gasteiger partial charge in [0, 0.05) is 37.2 Å². The van der Waals surface area contributed by atoms with E-state index in [0.29, 0.717) is 18.2 Å². The molecule has 0 spiro atoms. The van der Waals surface area contributed by atoms with Gasteiger partial charge in [0.25, 0.3) is 0 Å². The van der Waals surface area contributed by atoms with E-state index < -0.39 is 5.60 Å². The van der Waals surface area contributed by atoms with Crippen LogP contribution in [0.15, 0.2) is 0 Å². The first kappa shape index (κ1) is 18.5. The SMILES string of the molecule is CCOC1CC(NC2CCCN(C(=O)OC(C)(C)C)C2)C1(C)C. The highest BCUT2D eigenvalue weighted by molar-refractivity contribution is 5.68. The number of ether oxygens (including phenoxy) is 2. The summed E-state index contributed by atoms with van der Waals surface area (Å²) in [6, 6.07) is 0.811. The molecule has 2 aliphatic rings. The quantitative estimate of drug-likeness (QED) is 0.862. The third kappa shape index (κ3) is 4.60. The fourth-order valence-electron chi connectivity index (χ4n) is 3.54. The number of hydrogen-bond acceptors (Lipinski definition) is 4. The molecule has 3 atom stereocenters. The molecular formula is C18H34N2O3. The minimum atomic E-state index is -0.432. The number of hydrogen-bond donors (Lipinski definition) is 1. The maximum Gasteiger partial charge on any atom is 0.410 e. The Morgan fingerprint density at radius 3 is 2.61 bits per heavy atom. The lowest BCUT2D eigenvalue weighted by Gasteiger charge is -2.53. The topological polar surface area (TPSA) is 50.8 Å². The number of piperidine rings is 1. The minimum Gasteiger partial charge on any atom is -0.444 e. The van der Waals surface area contributed by atoms with Crippen molar-refractivity contribution in [2.45, 2.75) is 84.6 Å². The van der Waals surface area contributed by atoms with Crippen molar-refractivity contribution in [2.24, 2.45) is 5.41 Å². The first-order valence-corrected chi connectivity index (χ1v) is 8.99. The number of nitrogens with one attached hydrogen (secondary N) is 1. The molecule has 0 aromatic rings. The zero-order chi connectivity index (χ0) is 17.3. The molecule has 1 heterocycles. The van der Waals surface area contributed by atoms with Gasteiger partial charge in [-0.15, -0.1) is 0 Å². The Hall–Kier alpha value is -0.810. The monoisotopic (exact) mass is 326 g/mol. The number of likely N-dealkylation sites (tertiary alicyclic amines) is 1. The van der Waals surface area contributed by atoms with Crippen LogP contribution in [0, 0.1) is 5.41 Å². The van der Waals surface area contributed by atoms with Crippen molar-refractivity contribution in [1.82, 2.24) is 10.2 Å². The second-order valence-corrected chi connectivity index (χ2v) is 8.49. The average molecular weight is 326 g/mol. The molecule has 134 valence electrons. The van der Waals surface area contributed by atoms with Gasteiger partial charge >= 0.3 is 6.09 Å². The van der Waals surface area contributed by atoms with Crippen LogP contribution in [0.2, 0.25) is 0 Å². The van der Waals surface area contributed by atoms with Gasteiger partial charge in [-0.2, -0.15) is 0 Å². The fourth-order valence-corrected chi connectivity index (χ4v) is 3.54. The number of amides is 1. The summed E-state index contributed by atoms with van der Waals surface area (Å²) < 4.78 is 11.3. The van der Waals surface area contributed by atoms with Crippen molar-refractivity contribution >= 4 is 6.09 Å². The van der Waals surface area contributed by atoms with Crippen LogP contribution in [0.3, 0.4) is 0 Å². The summed E-state index contributed by atoms with van der Waals surface area (Å²) in [4.78, 5) is 14.1. The molecule has 5 nitrogen and oxygen atoms in total. The lowest BCUT2D eigenvalue weighted by atomic mass is 9.64.